The second-order valence-corrected chi connectivity index (χ2v) is 4.13. The maximum Gasteiger partial charge on any atom is 0.394 e. The lowest BCUT2D eigenvalue weighted by molar-refractivity contribution is 0.381. The van der Waals surface area contributed by atoms with Crippen LogP contribution in [0.4, 0.5) is 0 Å². The van der Waals surface area contributed by atoms with Gasteiger partial charge in [0.2, 0.25) is 0 Å². The number of nitrogens with one attached hydrogen (secondary N) is 1. The minimum absolute atomic E-state index is 0.681. The molecule has 0 fully saturated rings. The zero-order chi connectivity index (χ0) is 11.8. The van der Waals surface area contributed by atoms with Gasteiger partial charge >= 0.3 is 10.4 Å². The van der Waals surface area contributed by atoms with Crippen molar-refractivity contribution in [2.75, 3.05) is 0 Å². The van der Waals surface area contributed by atoms with Crippen LogP contribution in [0.2, 0.25) is 0 Å². The molecule has 0 aromatic rings. The van der Waals surface area contributed by atoms with Gasteiger partial charge in [-0.3, -0.25) is 9.11 Å². The van der Waals surface area contributed by atoms with Gasteiger partial charge in [-0.2, -0.15) is 8.42 Å². The molecule has 0 saturated heterocycles. The molecule has 0 spiro atoms. The largest absolute Gasteiger partial charge is 0.394 e. The van der Waals surface area contributed by atoms with Crippen LogP contribution in [-0.4, -0.2) is 29.6 Å². The second kappa shape index (κ2) is 8.16. The van der Waals surface area contributed by atoms with E-state index in [0.29, 0.717) is 12.1 Å². The first-order valence-electron chi connectivity index (χ1n) is 4.66. The average molecular weight is 227 g/mol. The molecule has 2 unspecified atom stereocenters. The van der Waals surface area contributed by atoms with Gasteiger partial charge in [0.05, 0.1) is 0 Å². The summed E-state index contributed by atoms with van der Waals surface area (Å²) in [5.41, 5.74) is 0. The van der Waals surface area contributed by atoms with Gasteiger partial charge in [0.15, 0.2) is 0 Å². The number of hydrogen-bond acceptors (Lipinski definition) is 3. The lowest BCUT2D eigenvalue weighted by Crippen LogP contribution is -2.33. The van der Waals surface area contributed by atoms with Gasteiger partial charge in [0.25, 0.3) is 0 Å². The third-order valence-electron chi connectivity index (χ3n) is 1.79. The van der Waals surface area contributed by atoms with Crippen molar-refractivity contribution in [2.24, 2.45) is 0 Å². The van der Waals surface area contributed by atoms with Gasteiger partial charge in [-0.25, -0.2) is 0 Å². The van der Waals surface area contributed by atoms with Crippen LogP contribution in [0.3, 0.4) is 0 Å². The van der Waals surface area contributed by atoms with Crippen molar-refractivity contribution in [1.82, 2.24) is 5.32 Å². The number of rotatable bonds is 4. The molecule has 0 saturated carbocycles. The standard InChI is InChI=1S/C8H19N.H2O4S/c1-5-7(3)9-8(4)6-2;1-5(2,3)4/h7-9H,5-6H2,1-4H3;(H2,1,2,3,4). The fraction of sp³-hybridized carbons (Fsp3) is 1.00. The summed E-state index contributed by atoms with van der Waals surface area (Å²) in [6, 6.07) is 1.36. The minimum atomic E-state index is -4.67. The highest BCUT2D eigenvalue weighted by Gasteiger charge is 2.00. The quantitative estimate of drug-likeness (QED) is 0.634. The van der Waals surface area contributed by atoms with Crippen molar-refractivity contribution in [3.8, 4) is 0 Å². The molecular formula is C8H21NO4S. The van der Waals surface area contributed by atoms with Gasteiger partial charge in [-0.15, -0.1) is 0 Å². The van der Waals surface area contributed by atoms with Crippen LogP contribution >= 0.6 is 0 Å². The van der Waals surface area contributed by atoms with Crippen LogP contribution < -0.4 is 5.32 Å². The summed E-state index contributed by atoms with van der Waals surface area (Å²) >= 11 is 0. The van der Waals surface area contributed by atoms with Crippen LogP contribution in [0, 0.1) is 0 Å². The van der Waals surface area contributed by atoms with E-state index in [1.165, 1.54) is 12.8 Å². The Balaban J connectivity index is 0. The van der Waals surface area contributed by atoms with E-state index in [9.17, 15) is 0 Å². The molecule has 0 amide bonds. The van der Waals surface area contributed by atoms with E-state index in [4.69, 9.17) is 17.5 Å². The first-order chi connectivity index (χ1) is 6.20. The minimum Gasteiger partial charge on any atom is -0.312 e. The van der Waals surface area contributed by atoms with Gasteiger partial charge in [0.1, 0.15) is 0 Å². The van der Waals surface area contributed by atoms with Crippen LogP contribution in [0.15, 0.2) is 0 Å². The Kier molecular flexibility index (Phi) is 9.49. The molecule has 0 aliphatic carbocycles. The summed E-state index contributed by atoms with van der Waals surface area (Å²) in [4.78, 5) is 0. The van der Waals surface area contributed by atoms with Crippen molar-refractivity contribution in [3.63, 3.8) is 0 Å². The van der Waals surface area contributed by atoms with Gasteiger partial charge in [0, 0.05) is 12.1 Å². The lowest BCUT2D eigenvalue weighted by atomic mass is 10.2. The molecule has 3 N–H and O–H groups in total. The van der Waals surface area contributed by atoms with Crippen LogP contribution in [0.5, 0.6) is 0 Å². The highest BCUT2D eigenvalue weighted by atomic mass is 32.3. The average Bonchev–Trinajstić information content (AvgIpc) is 2.01. The molecule has 2 atom stereocenters. The van der Waals surface area contributed by atoms with Crippen molar-refractivity contribution in [1.29, 1.82) is 0 Å². The summed E-state index contributed by atoms with van der Waals surface area (Å²) in [5, 5.41) is 3.48. The Hall–Kier alpha value is -0.170. The normalized spacial score (nSPS) is 15.3. The van der Waals surface area contributed by atoms with E-state index in [-0.39, 0.29) is 0 Å². The molecule has 88 valence electrons. The van der Waals surface area contributed by atoms with Crippen LogP contribution in [-0.2, 0) is 10.4 Å². The van der Waals surface area contributed by atoms with Crippen molar-refractivity contribution < 1.29 is 17.5 Å². The Morgan fingerprint density at radius 2 is 1.29 bits per heavy atom. The van der Waals surface area contributed by atoms with Crippen molar-refractivity contribution >= 4 is 10.4 Å². The van der Waals surface area contributed by atoms with E-state index in [2.05, 4.69) is 33.0 Å². The summed E-state index contributed by atoms with van der Waals surface area (Å²) < 4.78 is 31.6. The van der Waals surface area contributed by atoms with E-state index >= 15 is 0 Å². The van der Waals surface area contributed by atoms with Gasteiger partial charge in [-0.05, 0) is 26.7 Å². The second-order valence-electron chi connectivity index (χ2n) is 3.23. The zero-order valence-corrected chi connectivity index (χ0v) is 10.0. The molecule has 5 nitrogen and oxygen atoms in total. The maximum absolute atomic E-state index is 8.74. The third-order valence-corrected chi connectivity index (χ3v) is 1.79. The molecule has 0 aliphatic rings. The Bertz CT molecular complexity index is 199. The predicted molar refractivity (Wildman–Crippen MR) is 56.8 cm³/mol. The molecule has 0 aliphatic heterocycles. The molecule has 0 rings (SSSR count). The predicted octanol–water partition coefficient (Wildman–Crippen LogP) is 1.52. The molecular weight excluding hydrogens is 206 g/mol. The molecule has 14 heavy (non-hydrogen) atoms. The molecule has 0 bridgehead atoms. The van der Waals surface area contributed by atoms with Crippen molar-refractivity contribution in [2.45, 2.75) is 52.6 Å². The van der Waals surface area contributed by atoms with Crippen LogP contribution in [0.1, 0.15) is 40.5 Å². The summed E-state index contributed by atoms with van der Waals surface area (Å²) in [6.45, 7) is 8.87. The van der Waals surface area contributed by atoms with Crippen molar-refractivity contribution in [3.05, 3.63) is 0 Å². The first kappa shape index (κ1) is 16.3. The van der Waals surface area contributed by atoms with Crippen LogP contribution in [0.25, 0.3) is 0 Å². The zero-order valence-electron chi connectivity index (χ0n) is 9.19. The third kappa shape index (κ3) is 22.6. The highest BCUT2D eigenvalue weighted by Crippen LogP contribution is 1.93. The summed E-state index contributed by atoms with van der Waals surface area (Å²) in [7, 11) is -4.67. The van der Waals surface area contributed by atoms with Gasteiger partial charge < -0.3 is 5.32 Å². The topological polar surface area (TPSA) is 86.6 Å². The number of hydrogen-bond donors (Lipinski definition) is 3. The first-order valence-corrected chi connectivity index (χ1v) is 6.06. The summed E-state index contributed by atoms with van der Waals surface area (Å²) in [6.07, 6.45) is 2.45. The Morgan fingerprint density at radius 1 is 1.07 bits per heavy atom. The van der Waals surface area contributed by atoms with Gasteiger partial charge in [-0.1, -0.05) is 13.8 Å². The van der Waals surface area contributed by atoms with E-state index < -0.39 is 10.4 Å². The molecule has 0 aromatic carbocycles. The lowest BCUT2D eigenvalue weighted by Gasteiger charge is -2.16. The fourth-order valence-corrected chi connectivity index (χ4v) is 0.721. The maximum atomic E-state index is 8.74. The fourth-order valence-electron chi connectivity index (χ4n) is 0.721. The van der Waals surface area contributed by atoms with E-state index in [0.717, 1.165) is 0 Å². The molecule has 0 heterocycles. The smallest absolute Gasteiger partial charge is 0.312 e. The molecule has 0 radical (unpaired) electrons. The summed E-state index contributed by atoms with van der Waals surface area (Å²) in [5.74, 6) is 0. The monoisotopic (exact) mass is 227 g/mol. The Morgan fingerprint density at radius 3 is 1.43 bits per heavy atom. The molecule has 6 heteroatoms. The molecule has 0 aromatic heterocycles. The SMILES string of the molecule is CCC(C)NC(C)CC.O=S(=O)(O)O. The Labute approximate surface area is 86.5 Å². The van der Waals surface area contributed by atoms with E-state index in [1.807, 2.05) is 0 Å². The van der Waals surface area contributed by atoms with E-state index in [1.54, 1.807) is 0 Å². The highest BCUT2D eigenvalue weighted by molar-refractivity contribution is 7.79.